The summed E-state index contributed by atoms with van der Waals surface area (Å²) in [5, 5.41) is 13.1. The molecule has 3 rings (SSSR count). The molecule has 1 fully saturated rings. The van der Waals surface area contributed by atoms with Gasteiger partial charge in [-0.25, -0.2) is 9.36 Å². The predicted molar refractivity (Wildman–Crippen MR) is 134 cm³/mol. The van der Waals surface area contributed by atoms with E-state index < -0.39 is 56.0 Å². The summed E-state index contributed by atoms with van der Waals surface area (Å²) < 4.78 is 36.5. The lowest BCUT2D eigenvalue weighted by atomic mass is 10.2. The van der Waals surface area contributed by atoms with Crippen LogP contribution in [0.3, 0.4) is 0 Å². The lowest BCUT2D eigenvalue weighted by molar-refractivity contribution is -0.144. The fraction of sp³-hybridized carbons (Fsp3) is 0.409. The van der Waals surface area contributed by atoms with Crippen molar-refractivity contribution in [3.63, 3.8) is 0 Å². The SMILES string of the molecule is CCOC(=O)[C@H](C)NP(=O)(OC[C@H]1O[C@@H](n2cc(/C=C/Br)c(=O)[nH]c2=O)CC1O)Oc1ccccc1. The lowest BCUT2D eigenvalue weighted by Gasteiger charge is -2.24. The number of aliphatic hydroxyl groups excluding tert-OH is 1. The number of aromatic amines is 1. The van der Waals surface area contributed by atoms with E-state index >= 15 is 0 Å². The molecule has 5 atom stereocenters. The zero-order valence-corrected chi connectivity index (χ0v) is 22.0. The second-order valence-electron chi connectivity index (χ2n) is 7.78. The van der Waals surface area contributed by atoms with Crippen LogP contribution >= 0.6 is 23.7 Å². The van der Waals surface area contributed by atoms with E-state index in [2.05, 4.69) is 26.0 Å². The van der Waals surface area contributed by atoms with Crippen LogP contribution in [0, 0.1) is 0 Å². The lowest BCUT2D eigenvalue weighted by Crippen LogP contribution is -2.36. The minimum atomic E-state index is -4.15. The van der Waals surface area contributed by atoms with Crippen molar-refractivity contribution in [2.45, 2.75) is 44.7 Å². The number of hydrogen-bond donors (Lipinski definition) is 3. The van der Waals surface area contributed by atoms with Crippen molar-refractivity contribution in [2.24, 2.45) is 0 Å². The number of esters is 1. The molecule has 1 aliphatic heterocycles. The van der Waals surface area contributed by atoms with Gasteiger partial charge in [-0.2, -0.15) is 5.09 Å². The van der Waals surface area contributed by atoms with Crippen molar-refractivity contribution < 1.29 is 33.0 Å². The largest absolute Gasteiger partial charge is 0.465 e. The van der Waals surface area contributed by atoms with Crippen LogP contribution in [0.25, 0.3) is 6.08 Å². The molecular weight excluding hydrogens is 561 g/mol. The Balaban J connectivity index is 1.75. The van der Waals surface area contributed by atoms with Crippen LogP contribution in [-0.4, -0.2) is 52.1 Å². The van der Waals surface area contributed by atoms with E-state index in [-0.39, 0.29) is 24.3 Å². The van der Waals surface area contributed by atoms with Crippen molar-refractivity contribution >= 4 is 35.7 Å². The molecule has 0 radical (unpaired) electrons. The van der Waals surface area contributed by atoms with Gasteiger partial charge in [-0.1, -0.05) is 34.1 Å². The highest BCUT2D eigenvalue weighted by Crippen LogP contribution is 2.45. The number of rotatable bonds is 11. The first-order valence-electron chi connectivity index (χ1n) is 11.0. The molecule has 0 bridgehead atoms. The third-order valence-corrected chi connectivity index (χ3v) is 7.03. The number of aromatic nitrogens is 2. The highest BCUT2D eigenvalue weighted by atomic mass is 79.9. The topological polar surface area (TPSA) is 158 Å². The standard InChI is InChI=1S/C22H27BrN3O9P/c1-3-32-21(29)14(2)25-36(31,35-16-7-5-4-6-8-16)33-13-18-17(27)11-19(34-18)26-12-15(9-10-23)20(28)24-22(26)30/h4-10,12,14,17-19,27H,3,11,13H2,1-2H3,(H,25,31)(H,24,28,30)/b10-9+/t14-,17?,18+,19+,36?/m0/s1. The molecule has 0 spiro atoms. The molecule has 12 nitrogen and oxygen atoms in total. The summed E-state index contributed by atoms with van der Waals surface area (Å²) in [4.78, 5) is 40.0. The number of carbonyl (C=O) groups is 1. The smallest absolute Gasteiger partial charge is 0.459 e. The number of carbonyl (C=O) groups excluding carboxylic acids is 1. The van der Waals surface area contributed by atoms with Crippen LogP contribution in [0.5, 0.6) is 5.75 Å². The van der Waals surface area contributed by atoms with E-state index in [9.17, 15) is 24.1 Å². The molecule has 0 aliphatic carbocycles. The van der Waals surface area contributed by atoms with E-state index in [1.165, 1.54) is 24.2 Å². The van der Waals surface area contributed by atoms with E-state index in [1.54, 1.807) is 37.3 Å². The third-order valence-electron chi connectivity index (χ3n) is 5.12. The van der Waals surface area contributed by atoms with Crippen molar-refractivity contribution in [1.82, 2.24) is 14.6 Å². The first-order valence-corrected chi connectivity index (χ1v) is 13.5. The van der Waals surface area contributed by atoms with E-state index in [1.807, 2.05) is 0 Å². The average molecular weight is 588 g/mol. The maximum Gasteiger partial charge on any atom is 0.459 e. The molecule has 0 saturated carbocycles. The molecule has 3 N–H and O–H groups in total. The van der Waals surface area contributed by atoms with Gasteiger partial charge in [0.15, 0.2) is 0 Å². The summed E-state index contributed by atoms with van der Waals surface area (Å²) >= 11 is 3.08. The summed E-state index contributed by atoms with van der Waals surface area (Å²) in [5.41, 5.74) is -1.10. The Bertz CT molecular complexity index is 1230. The number of aliphatic hydroxyl groups is 1. The Hall–Kier alpha value is -2.54. The van der Waals surface area contributed by atoms with Gasteiger partial charge >= 0.3 is 19.4 Å². The van der Waals surface area contributed by atoms with Gasteiger partial charge in [-0.15, -0.1) is 0 Å². The fourth-order valence-corrected chi connectivity index (χ4v) is 5.16. The highest BCUT2D eigenvalue weighted by Gasteiger charge is 2.39. The Morgan fingerprint density at radius 1 is 1.39 bits per heavy atom. The van der Waals surface area contributed by atoms with Gasteiger partial charge in [0.25, 0.3) is 5.56 Å². The fourth-order valence-electron chi connectivity index (χ4n) is 3.38. The maximum absolute atomic E-state index is 13.5. The number of benzene rings is 1. The second-order valence-corrected chi connectivity index (χ2v) is 10.00. The average Bonchev–Trinajstić information content (AvgIpc) is 3.20. The number of halogens is 1. The summed E-state index contributed by atoms with van der Waals surface area (Å²) in [6.07, 6.45) is -0.220. The van der Waals surface area contributed by atoms with Crippen LogP contribution in [-0.2, 0) is 23.4 Å². The molecule has 0 amide bonds. The normalized spacial score (nSPS) is 22.3. The Labute approximate surface area is 214 Å². The predicted octanol–water partition coefficient (Wildman–Crippen LogP) is 2.30. The molecule has 1 saturated heterocycles. The molecule has 1 aromatic carbocycles. The molecule has 196 valence electrons. The quantitative estimate of drug-likeness (QED) is 0.263. The number of nitrogens with zero attached hydrogens (tertiary/aromatic N) is 1. The molecule has 1 aromatic heterocycles. The summed E-state index contributed by atoms with van der Waals surface area (Å²) in [6, 6.07) is 7.18. The monoisotopic (exact) mass is 587 g/mol. The molecule has 14 heteroatoms. The van der Waals surface area contributed by atoms with Gasteiger partial charge in [0.2, 0.25) is 0 Å². The van der Waals surface area contributed by atoms with Crippen molar-refractivity contribution in [3.8, 4) is 5.75 Å². The minimum absolute atomic E-state index is 0.00788. The number of H-pyrrole nitrogens is 1. The van der Waals surface area contributed by atoms with Crippen molar-refractivity contribution in [3.05, 3.63) is 67.9 Å². The minimum Gasteiger partial charge on any atom is -0.465 e. The molecule has 2 aromatic rings. The molecule has 2 heterocycles. The first kappa shape index (κ1) is 28.0. The zero-order valence-electron chi connectivity index (χ0n) is 19.5. The van der Waals surface area contributed by atoms with Crippen LogP contribution in [0.4, 0.5) is 0 Å². The van der Waals surface area contributed by atoms with Crippen LogP contribution in [0.2, 0.25) is 0 Å². The Morgan fingerprint density at radius 3 is 2.78 bits per heavy atom. The van der Waals surface area contributed by atoms with Crippen LogP contribution in [0.15, 0.2) is 51.1 Å². The van der Waals surface area contributed by atoms with Gasteiger partial charge in [-0.05, 0) is 37.0 Å². The molecule has 36 heavy (non-hydrogen) atoms. The maximum atomic E-state index is 13.5. The number of para-hydroxylation sites is 1. The second kappa shape index (κ2) is 12.6. The summed E-state index contributed by atoms with van der Waals surface area (Å²) in [5.74, 6) is -0.427. The molecular formula is C22H27BrN3O9P. The Morgan fingerprint density at radius 2 is 2.11 bits per heavy atom. The van der Waals surface area contributed by atoms with Gasteiger partial charge < -0.3 is 19.1 Å². The first-order chi connectivity index (χ1) is 17.2. The van der Waals surface area contributed by atoms with Crippen molar-refractivity contribution in [2.75, 3.05) is 13.2 Å². The zero-order chi connectivity index (χ0) is 26.3. The highest BCUT2D eigenvalue weighted by molar-refractivity contribution is 9.11. The summed E-state index contributed by atoms with van der Waals surface area (Å²) in [7, 11) is -4.15. The molecule has 1 aliphatic rings. The van der Waals surface area contributed by atoms with Gasteiger partial charge in [0.1, 0.15) is 24.1 Å². The number of nitrogens with one attached hydrogen (secondary N) is 2. The van der Waals surface area contributed by atoms with E-state index in [0.29, 0.717) is 0 Å². The number of ether oxygens (including phenoxy) is 2. The number of hydrogen-bond acceptors (Lipinski definition) is 9. The van der Waals surface area contributed by atoms with Gasteiger partial charge in [0, 0.05) is 12.6 Å². The van der Waals surface area contributed by atoms with E-state index in [4.69, 9.17) is 18.5 Å². The summed E-state index contributed by atoms with van der Waals surface area (Å²) in [6.45, 7) is 2.83. The van der Waals surface area contributed by atoms with Crippen LogP contribution in [0.1, 0.15) is 32.1 Å². The van der Waals surface area contributed by atoms with Gasteiger partial charge in [-0.3, -0.25) is 23.7 Å². The molecule has 2 unspecified atom stereocenters. The van der Waals surface area contributed by atoms with Gasteiger partial charge in [0.05, 0.1) is 24.9 Å². The Kier molecular flexibility index (Phi) is 9.83. The van der Waals surface area contributed by atoms with E-state index in [0.717, 1.165) is 4.57 Å². The third kappa shape index (κ3) is 7.25. The van der Waals surface area contributed by atoms with Crippen molar-refractivity contribution in [1.29, 1.82) is 0 Å². The van der Waals surface area contributed by atoms with Crippen LogP contribution < -0.4 is 20.9 Å².